The minimum atomic E-state index is -0.312. The summed E-state index contributed by atoms with van der Waals surface area (Å²) < 4.78 is 5.72. The standard InChI is InChI=1S/C21H22ClN3O2/c22-21-10-14-6-15(11-21)9-20(8-14,13-21)19(26)25-16-2-1-3-17(7-16)27-18-12-23-4-5-24-18/h1-5,7,12,14-15H,6,8-11,13H2,(H,25,26). The third kappa shape index (κ3) is 3.18. The maximum atomic E-state index is 13.2. The summed E-state index contributed by atoms with van der Waals surface area (Å²) in [5, 5.41) is 3.13. The van der Waals surface area contributed by atoms with E-state index in [0.717, 1.165) is 37.8 Å². The number of hydrogen-bond acceptors (Lipinski definition) is 4. The zero-order chi connectivity index (χ0) is 18.5. The van der Waals surface area contributed by atoms with E-state index in [-0.39, 0.29) is 16.2 Å². The maximum absolute atomic E-state index is 13.2. The van der Waals surface area contributed by atoms with Crippen LogP contribution in [0.25, 0.3) is 0 Å². The molecular formula is C21H22ClN3O2. The van der Waals surface area contributed by atoms with Crippen LogP contribution < -0.4 is 10.1 Å². The van der Waals surface area contributed by atoms with Crippen molar-refractivity contribution in [2.75, 3.05) is 5.32 Å². The number of hydrogen-bond donors (Lipinski definition) is 1. The summed E-state index contributed by atoms with van der Waals surface area (Å²) in [6, 6.07) is 7.41. The van der Waals surface area contributed by atoms with Gasteiger partial charge in [-0.3, -0.25) is 9.78 Å². The van der Waals surface area contributed by atoms with Crippen molar-refractivity contribution < 1.29 is 9.53 Å². The van der Waals surface area contributed by atoms with E-state index in [1.165, 1.54) is 6.42 Å². The highest BCUT2D eigenvalue weighted by Crippen LogP contribution is 2.64. The molecule has 0 spiro atoms. The molecule has 2 aromatic rings. The van der Waals surface area contributed by atoms with Crippen LogP contribution in [0.5, 0.6) is 11.6 Å². The zero-order valence-corrected chi connectivity index (χ0v) is 15.8. The van der Waals surface area contributed by atoms with Crippen molar-refractivity contribution in [3.05, 3.63) is 42.9 Å². The van der Waals surface area contributed by atoms with E-state index >= 15 is 0 Å². The topological polar surface area (TPSA) is 64.1 Å². The molecule has 2 unspecified atom stereocenters. The van der Waals surface area contributed by atoms with Gasteiger partial charge in [0.05, 0.1) is 11.6 Å². The minimum absolute atomic E-state index is 0.110. The first-order valence-electron chi connectivity index (χ1n) is 9.56. The average Bonchev–Trinajstić information content (AvgIpc) is 2.61. The van der Waals surface area contributed by atoms with Crippen LogP contribution in [-0.2, 0) is 4.79 Å². The number of alkyl halides is 1. The first-order valence-corrected chi connectivity index (χ1v) is 9.94. The Morgan fingerprint density at radius 3 is 2.70 bits per heavy atom. The van der Waals surface area contributed by atoms with Crippen LogP contribution >= 0.6 is 11.6 Å². The van der Waals surface area contributed by atoms with Crippen LogP contribution in [-0.4, -0.2) is 20.7 Å². The normalized spacial score (nSPS) is 33.7. The molecule has 2 atom stereocenters. The second-order valence-corrected chi connectivity index (χ2v) is 9.32. The van der Waals surface area contributed by atoms with Crippen molar-refractivity contribution in [1.82, 2.24) is 9.97 Å². The quantitative estimate of drug-likeness (QED) is 0.771. The molecule has 1 aromatic carbocycles. The van der Waals surface area contributed by atoms with Crippen molar-refractivity contribution in [1.29, 1.82) is 0 Å². The number of halogens is 1. The van der Waals surface area contributed by atoms with E-state index in [2.05, 4.69) is 15.3 Å². The van der Waals surface area contributed by atoms with Gasteiger partial charge in [-0.05, 0) is 62.5 Å². The number of benzene rings is 1. The lowest BCUT2D eigenvalue weighted by atomic mass is 9.49. The molecule has 1 heterocycles. The van der Waals surface area contributed by atoms with Gasteiger partial charge in [-0.15, -0.1) is 11.6 Å². The smallest absolute Gasteiger partial charge is 0.237 e. The number of carbonyl (C=O) groups excluding carboxylic acids is 1. The predicted molar refractivity (Wildman–Crippen MR) is 103 cm³/mol. The summed E-state index contributed by atoms with van der Waals surface area (Å²) in [6.45, 7) is 0. The SMILES string of the molecule is O=C(Nc1cccc(Oc2cnccn2)c1)C12CC3CC(CC(Cl)(C3)C1)C2. The Hall–Kier alpha value is -2.14. The van der Waals surface area contributed by atoms with Crippen LogP contribution in [0.15, 0.2) is 42.9 Å². The van der Waals surface area contributed by atoms with Crippen molar-refractivity contribution in [3.8, 4) is 11.6 Å². The fraction of sp³-hybridized carbons (Fsp3) is 0.476. The second-order valence-electron chi connectivity index (χ2n) is 8.52. The number of carbonyl (C=O) groups is 1. The molecule has 0 radical (unpaired) electrons. The Balaban J connectivity index is 1.33. The molecular weight excluding hydrogens is 362 g/mol. The van der Waals surface area contributed by atoms with Crippen molar-refractivity contribution >= 4 is 23.2 Å². The molecule has 1 aromatic heterocycles. The first kappa shape index (κ1) is 17.0. The van der Waals surface area contributed by atoms with Crippen molar-refractivity contribution in [2.24, 2.45) is 17.3 Å². The van der Waals surface area contributed by atoms with Gasteiger partial charge in [0.15, 0.2) is 0 Å². The number of rotatable bonds is 4. The van der Waals surface area contributed by atoms with Crippen LogP contribution in [0, 0.1) is 17.3 Å². The first-order chi connectivity index (χ1) is 13.0. The lowest BCUT2D eigenvalue weighted by Gasteiger charge is -2.59. The number of anilines is 1. The molecule has 4 fully saturated rings. The average molecular weight is 384 g/mol. The summed E-state index contributed by atoms with van der Waals surface area (Å²) in [6.07, 6.45) is 10.9. The summed E-state index contributed by atoms with van der Waals surface area (Å²) in [5.74, 6) is 2.35. The molecule has 4 bridgehead atoms. The molecule has 1 N–H and O–H groups in total. The Morgan fingerprint density at radius 1 is 1.19 bits per heavy atom. The van der Waals surface area contributed by atoms with Gasteiger partial charge in [-0.25, -0.2) is 4.98 Å². The van der Waals surface area contributed by atoms with Gasteiger partial charge < -0.3 is 10.1 Å². The predicted octanol–water partition coefficient (Wildman–Crippen LogP) is 4.79. The number of nitrogens with one attached hydrogen (secondary N) is 1. The van der Waals surface area contributed by atoms with E-state index in [0.29, 0.717) is 23.5 Å². The number of amides is 1. The Bertz CT molecular complexity index is 859. The maximum Gasteiger partial charge on any atom is 0.237 e. The van der Waals surface area contributed by atoms with E-state index < -0.39 is 0 Å². The molecule has 6 rings (SSSR count). The minimum Gasteiger partial charge on any atom is -0.437 e. The lowest BCUT2D eigenvalue weighted by molar-refractivity contribution is -0.138. The third-order valence-electron chi connectivity index (χ3n) is 6.33. The highest BCUT2D eigenvalue weighted by atomic mass is 35.5. The third-order valence-corrected chi connectivity index (χ3v) is 6.77. The Morgan fingerprint density at radius 2 is 2.00 bits per heavy atom. The van der Waals surface area contributed by atoms with Crippen LogP contribution in [0.2, 0.25) is 0 Å². The number of ether oxygens (including phenoxy) is 1. The van der Waals surface area contributed by atoms with Crippen LogP contribution in [0.1, 0.15) is 38.5 Å². The fourth-order valence-electron chi connectivity index (χ4n) is 5.78. The van der Waals surface area contributed by atoms with Gasteiger partial charge in [-0.2, -0.15) is 0 Å². The van der Waals surface area contributed by atoms with Gasteiger partial charge >= 0.3 is 0 Å². The molecule has 1 amide bonds. The lowest BCUT2D eigenvalue weighted by Crippen LogP contribution is -2.57. The Labute approximate surface area is 163 Å². The molecule has 4 aliphatic carbocycles. The summed E-state index contributed by atoms with van der Waals surface area (Å²) in [7, 11) is 0. The molecule has 0 aliphatic heterocycles. The molecule has 27 heavy (non-hydrogen) atoms. The van der Waals surface area contributed by atoms with Crippen LogP contribution in [0.3, 0.4) is 0 Å². The van der Waals surface area contributed by atoms with Gasteiger partial charge in [0.2, 0.25) is 11.8 Å². The summed E-state index contributed by atoms with van der Waals surface area (Å²) in [5.41, 5.74) is 0.425. The van der Waals surface area contributed by atoms with E-state index in [1.54, 1.807) is 18.6 Å². The summed E-state index contributed by atoms with van der Waals surface area (Å²) >= 11 is 6.87. The molecule has 140 valence electrons. The van der Waals surface area contributed by atoms with Gasteiger partial charge in [0.25, 0.3) is 0 Å². The molecule has 5 nitrogen and oxygen atoms in total. The van der Waals surface area contributed by atoms with E-state index in [4.69, 9.17) is 16.3 Å². The summed E-state index contributed by atoms with van der Waals surface area (Å²) in [4.78, 5) is 21.2. The van der Waals surface area contributed by atoms with Gasteiger partial charge in [0, 0.05) is 29.0 Å². The van der Waals surface area contributed by atoms with E-state index in [9.17, 15) is 4.79 Å². The highest BCUT2D eigenvalue weighted by molar-refractivity contribution is 6.24. The fourth-order valence-corrected chi connectivity index (χ4v) is 6.47. The molecule has 4 aliphatic rings. The zero-order valence-electron chi connectivity index (χ0n) is 15.0. The molecule has 4 saturated carbocycles. The monoisotopic (exact) mass is 383 g/mol. The van der Waals surface area contributed by atoms with Gasteiger partial charge in [0.1, 0.15) is 5.75 Å². The van der Waals surface area contributed by atoms with Crippen molar-refractivity contribution in [2.45, 2.75) is 43.4 Å². The van der Waals surface area contributed by atoms with Crippen molar-refractivity contribution in [3.63, 3.8) is 0 Å². The number of nitrogens with zero attached hydrogens (tertiary/aromatic N) is 2. The molecule has 0 saturated heterocycles. The Kier molecular flexibility index (Phi) is 3.90. The van der Waals surface area contributed by atoms with Crippen LogP contribution in [0.4, 0.5) is 5.69 Å². The number of aromatic nitrogens is 2. The highest BCUT2D eigenvalue weighted by Gasteiger charge is 2.60. The largest absolute Gasteiger partial charge is 0.437 e. The molecule has 6 heteroatoms. The second kappa shape index (κ2) is 6.20. The van der Waals surface area contributed by atoms with Gasteiger partial charge in [-0.1, -0.05) is 6.07 Å². The van der Waals surface area contributed by atoms with E-state index in [1.807, 2.05) is 24.3 Å².